The molecular weight excluding hydrogens is 260 g/mol. The van der Waals surface area contributed by atoms with Crippen LogP contribution in [0.5, 0.6) is 0 Å². The summed E-state index contributed by atoms with van der Waals surface area (Å²) in [7, 11) is 0. The van der Waals surface area contributed by atoms with Gasteiger partial charge in [0.05, 0.1) is 0 Å². The number of carbonyl (C=O) groups is 1. The summed E-state index contributed by atoms with van der Waals surface area (Å²) in [6.07, 6.45) is 2.04. The predicted molar refractivity (Wildman–Crippen MR) is 86.8 cm³/mol. The van der Waals surface area contributed by atoms with E-state index in [1.165, 1.54) is 5.56 Å². The van der Waals surface area contributed by atoms with Crippen molar-refractivity contribution in [2.24, 2.45) is 0 Å². The number of carbonyl (C=O) groups excluding carboxylic acids is 1. The fourth-order valence-electron chi connectivity index (χ4n) is 2.99. The maximum atomic E-state index is 12.9. The van der Waals surface area contributed by atoms with Gasteiger partial charge in [0.25, 0.3) is 5.91 Å². The van der Waals surface area contributed by atoms with Crippen molar-refractivity contribution in [3.05, 3.63) is 58.7 Å². The zero-order valence-corrected chi connectivity index (χ0v) is 12.5. The van der Waals surface area contributed by atoms with Crippen molar-refractivity contribution in [3.8, 4) is 0 Å². The summed E-state index contributed by atoms with van der Waals surface area (Å²) >= 11 is 0. The van der Waals surface area contributed by atoms with Crippen LogP contribution in [0.4, 0.5) is 11.4 Å². The number of anilines is 2. The van der Waals surface area contributed by atoms with E-state index in [1.807, 2.05) is 49.1 Å². The van der Waals surface area contributed by atoms with Crippen molar-refractivity contribution < 1.29 is 4.79 Å². The van der Waals surface area contributed by atoms with Crippen LogP contribution in [0, 0.1) is 13.8 Å². The number of nitrogen functional groups attached to an aromatic ring is 1. The van der Waals surface area contributed by atoms with Gasteiger partial charge in [-0.1, -0.05) is 24.3 Å². The van der Waals surface area contributed by atoms with Crippen LogP contribution in [0.2, 0.25) is 0 Å². The lowest BCUT2D eigenvalue weighted by atomic mass is 9.98. The average molecular weight is 280 g/mol. The fourth-order valence-corrected chi connectivity index (χ4v) is 2.99. The van der Waals surface area contributed by atoms with E-state index in [1.54, 1.807) is 0 Å². The Morgan fingerprint density at radius 3 is 2.71 bits per heavy atom. The van der Waals surface area contributed by atoms with Gasteiger partial charge in [0.2, 0.25) is 0 Å². The van der Waals surface area contributed by atoms with Crippen LogP contribution in [-0.4, -0.2) is 12.5 Å². The predicted octanol–water partition coefficient (Wildman–Crippen LogP) is 3.48. The standard InChI is InChI=1S/C18H20N2O/c1-12-10-13(2)16(19)11-15(12)18(21)20-9-5-7-14-6-3-4-8-17(14)20/h3-4,6,8,10-11H,5,7,9,19H2,1-2H3. The molecular formula is C18H20N2O. The molecule has 108 valence electrons. The average Bonchev–Trinajstić information content (AvgIpc) is 2.49. The van der Waals surface area contributed by atoms with Gasteiger partial charge in [-0.05, 0) is 55.5 Å². The molecule has 0 saturated carbocycles. The third-order valence-electron chi connectivity index (χ3n) is 4.20. The highest BCUT2D eigenvalue weighted by Crippen LogP contribution is 2.29. The Labute approximate surface area is 125 Å². The van der Waals surface area contributed by atoms with Gasteiger partial charge in [0.1, 0.15) is 0 Å². The summed E-state index contributed by atoms with van der Waals surface area (Å²) in [6.45, 7) is 4.70. The minimum atomic E-state index is 0.0475. The highest BCUT2D eigenvalue weighted by Gasteiger charge is 2.24. The Morgan fingerprint density at radius 2 is 1.90 bits per heavy atom. The lowest BCUT2D eigenvalue weighted by Gasteiger charge is -2.30. The summed E-state index contributed by atoms with van der Waals surface area (Å²) in [6, 6.07) is 11.9. The second-order valence-electron chi connectivity index (χ2n) is 5.71. The smallest absolute Gasteiger partial charge is 0.258 e. The molecule has 0 aromatic heterocycles. The zero-order valence-electron chi connectivity index (χ0n) is 12.5. The first-order chi connectivity index (χ1) is 10.1. The van der Waals surface area contributed by atoms with Crippen LogP contribution >= 0.6 is 0 Å². The number of rotatable bonds is 1. The molecule has 0 aliphatic carbocycles. The molecule has 2 N–H and O–H groups in total. The molecule has 0 spiro atoms. The Morgan fingerprint density at radius 1 is 1.14 bits per heavy atom. The quantitative estimate of drug-likeness (QED) is 0.813. The van der Waals surface area contributed by atoms with Crippen LogP contribution in [-0.2, 0) is 6.42 Å². The summed E-state index contributed by atoms with van der Waals surface area (Å²) < 4.78 is 0. The molecule has 0 bridgehead atoms. The number of amides is 1. The van der Waals surface area contributed by atoms with Crippen molar-refractivity contribution in [3.63, 3.8) is 0 Å². The summed E-state index contributed by atoms with van der Waals surface area (Å²) in [5, 5.41) is 0. The van der Waals surface area contributed by atoms with Crippen LogP contribution in [0.3, 0.4) is 0 Å². The molecule has 3 heteroatoms. The van der Waals surface area contributed by atoms with Gasteiger partial charge >= 0.3 is 0 Å². The lowest BCUT2D eigenvalue weighted by Crippen LogP contribution is -2.35. The summed E-state index contributed by atoms with van der Waals surface area (Å²) in [5.74, 6) is 0.0475. The first kappa shape index (κ1) is 13.7. The molecule has 1 aliphatic rings. The van der Waals surface area contributed by atoms with E-state index in [2.05, 4.69) is 6.07 Å². The molecule has 0 radical (unpaired) electrons. The van der Waals surface area contributed by atoms with Gasteiger partial charge in [-0.25, -0.2) is 0 Å². The maximum Gasteiger partial charge on any atom is 0.258 e. The van der Waals surface area contributed by atoms with E-state index >= 15 is 0 Å². The van der Waals surface area contributed by atoms with Crippen molar-refractivity contribution in [1.29, 1.82) is 0 Å². The van der Waals surface area contributed by atoms with Gasteiger partial charge in [-0.3, -0.25) is 4.79 Å². The van der Waals surface area contributed by atoms with Crippen LogP contribution < -0.4 is 10.6 Å². The van der Waals surface area contributed by atoms with Crippen LogP contribution in [0.15, 0.2) is 36.4 Å². The molecule has 0 fully saturated rings. The van der Waals surface area contributed by atoms with E-state index in [0.717, 1.165) is 36.2 Å². The topological polar surface area (TPSA) is 46.3 Å². The Balaban J connectivity index is 2.03. The van der Waals surface area contributed by atoms with Gasteiger partial charge in [-0.15, -0.1) is 0 Å². The number of benzene rings is 2. The molecule has 3 rings (SSSR count). The number of hydrogen-bond acceptors (Lipinski definition) is 2. The zero-order chi connectivity index (χ0) is 15.0. The number of nitrogens with zero attached hydrogens (tertiary/aromatic N) is 1. The van der Waals surface area contributed by atoms with Crippen molar-refractivity contribution >= 4 is 17.3 Å². The molecule has 21 heavy (non-hydrogen) atoms. The highest BCUT2D eigenvalue weighted by molar-refractivity contribution is 6.08. The fraction of sp³-hybridized carbons (Fsp3) is 0.278. The Kier molecular flexibility index (Phi) is 3.42. The second kappa shape index (κ2) is 5.24. The number of fused-ring (bicyclic) bond motifs is 1. The minimum absolute atomic E-state index is 0.0475. The van der Waals surface area contributed by atoms with E-state index in [4.69, 9.17) is 5.73 Å². The summed E-state index contributed by atoms with van der Waals surface area (Å²) in [5.41, 5.74) is 11.6. The SMILES string of the molecule is Cc1cc(C)c(C(=O)N2CCCc3ccccc32)cc1N. The maximum absolute atomic E-state index is 12.9. The minimum Gasteiger partial charge on any atom is -0.398 e. The molecule has 0 atom stereocenters. The Hall–Kier alpha value is -2.29. The van der Waals surface area contributed by atoms with Crippen LogP contribution in [0.1, 0.15) is 33.5 Å². The normalized spacial score (nSPS) is 13.9. The number of aryl methyl sites for hydroxylation is 3. The number of nitrogens with two attached hydrogens (primary N) is 1. The summed E-state index contributed by atoms with van der Waals surface area (Å²) in [4.78, 5) is 14.8. The first-order valence-corrected chi connectivity index (χ1v) is 7.34. The van der Waals surface area contributed by atoms with Crippen molar-refractivity contribution in [2.45, 2.75) is 26.7 Å². The van der Waals surface area contributed by atoms with E-state index in [-0.39, 0.29) is 5.91 Å². The Bertz CT molecular complexity index is 706. The third-order valence-corrected chi connectivity index (χ3v) is 4.20. The van der Waals surface area contributed by atoms with Gasteiger partial charge in [0.15, 0.2) is 0 Å². The number of para-hydroxylation sites is 1. The van der Waals surface area contributed by atoms with Crippen LogP contribution in [0.25, 0.3) is 0 Å². The van der Waals surface area contributed by atoms with E-state index in [9.17, 15) is 4.79 Å². The highest BCUT2D eigenvalue weighted by atomic mass is 16.2. The van der Waals surface area contributed by atoms with Gasteiger partial charge < -0.3 is 10.6 Å². The van der Waals surface area contributed by atoms with Crippen molar-refractivity contribution in [2.75, 3.05) is 17.2 Å². The number of hydrogen-bond donors (Lipinski definition) is 1. The first-order valence-electron chi connectivity index (χ1n) is 7.34. The van der Waals surface area contributed by atoms with Crippen molar-refractivity contribution in [1.82, 2.24) is 0 Å². The molecule has 2 aromatic rings. The molecule has 2 aromatic carbocycles. The van der Waals surface area contributed by atoms with E-state index < -0.39 is 0 Å². The van der Waals surface area contributed by atoms with Gasteiger partial charge in [0, 0.05) is 23.5 Å². The molecule has 1 aliphatic heterocycles. The third kappa shape index (κ3) is 2.40. The molecule has 1 heterocycles. The molecule has 0 unspecified atom stereocenters. The second-order valence-corrected chi connectivity index (χ2v) is 5.71. The van der Waals surface area contributed by atoms with Gasteiger partial charge in [-0.2, -0.15) is 0 Å². The molecule has 3 nitrogen and oxygen atoms in total. The monoisotopic (exact) mass is 280 g/mol. The van der Waals surface area contributed by atoms with E-state index in [0.29, 0.717) is 11.3 Å². The lowest BCUT2D eigenvalue weighted by molar-refractivity contribution is 0.0984. The largest absolute Gasteiger partial charge is 0.398 e. The molecule has 1 amide bonds. The molecule has 0 saturated heterocycles.